The number of hydrogen-bond acceptors (Lipinski definition) is 6. The molecular formula is C21H21F3N4O2. The molecule has 3 aromatic rings. The first kappa shape index (κ1) is 21.4. The molecular weight excluding hydrogens is 397 g/mol. The third kappa shape index (κ3) is 5.18. The standard InChI is InChI=1S/C21H21F3N4O2/c1-13(12-29)25-20-27-17(14-6-4-3-5-7-14)11-19(28-20)26-15-8-9-18(30-2)16(10-15)21(22,23)24/h3-11,13,29H,12H2,1-2H3,(H2,25,26,27,28)/t13-/m1/s1. The van der Waals surface area contributed by atoms with Gasteiger partial charge in [0, 0.05) is 23.4 Å². The predicted octanol–water partition coefficient (Wildman–Crippen LogP) is 4.71. The maximum atomic E-state index is 13.3. The van der Waals surface area contributed by atoms with Crippen molar-refractivity contribution in [2.24, 2.45) is 0 Å². The van der Waals surface area contributed by atoms with Crippen molar-refractivity contribution in [1.82, 2.24) is 9.97 Å². The van der Waals surface area contributed by atoms with Crippen molar-refractivity contribution in [3.8, 4) is 17.0 Å². The van der Waals surface area contributed by atoms with Gasteiger partial charge in [-0.2, -0.15) is 18.2 Å². The second-order valence-electron chi connectivity index (χ2n) is 6.59. The lowest BCUT2D eigenvalue weighted by atomic mass is 10.1. The topological polar surface area (TPSA) is 79.3 Å². The van der Waals surface area contributed by atoms with Gasteiger partial charge in [0.25, 0.3) is 0 Å². The molecule has 9 heteroatoms. The molecule has 0 aliphatic rings. The summed E-state index contributed by atoms with van der Waals surface area (Å²) in [4.78, 5) is 8.76. The van der Waals surface area contributed by atoms with Crippen molar-refractivity contribution in [2.45, 2.75) is 19.1 Å². The van der Waals surface area contributed by atoms with Crippen LogP contribution in [0, 0.1) is 0 Å². The van der Waals surface area contributed by atoms with Gasteiger partial charge in [-0.3, -0.25) is 0 Å². The van der Waals surface area contributed by atoms with Crippen LogP contribution in [0.2, 0.25) is 0 Å². The molecule has 3 N–H and O–H groups in total. The molecule has 3 rings (SSSR count). The summed E-state index contributed by atoms with van der Waals surface area (Å²) in [6.07, 6.45) is -4.56. The molecule has 6 nitrogen and oxygen atoms in total. The second kappa shape index (κ2) is 9.00. The van der Waals surface area contributed by atoms with Gasteiger partial charge in [0.15, 0.2) is 0 Å². The largest absolute Gasteiger partial charge is 0.496 e. The van der Waals surface area contributed by atoms with E-state index in [-0.39, 0.29) is 30.0 Å². The van der Waals surface area contributed by atoms with Crippen LogP contribution in [0.25, 0.3) is 11.3 Å². The summed E-state index contributed by atoms with van der Waals surface area (Å²) in [5.74, 6) is 0.277. The highest BCUT2D eigenvalue weighted by Crippen LogP contribution is 2.38. The summed E-state index contributed by atoms with van der Waals surface area (Å²) in [7, 11) is 1.19. The van der Waals surface area contributed by atoms with Crippen molar-refractivity contribution in [3.05, 3.63) is 60.2 Å². The van der Waals surface area contributed by atoms with E-state index in [1.165, 1.54) is 19.2 Å². The molecule has 0 fully saturated rings. The summed E-state index contributed by atoms with van der Waals surface area (Å²) in [6.45, 7) is 1.62. The van der Waals surface area contributed by atoms with E-state index in [9.17, 15) is 18.3 Å². The van der Waals surface area contributed by atoms with Crippen LogP contribution in [0.4, 0.5) is 30.6 Å². The third-order valence-electron chi connectivity index (χ3n) is 4.22. The summed E-state index contributed by atoms with van der Waals surface area (Å²) in [6, 6.07) is 14.3. The normalized spacial score (nSPS) is 12.3. The molecule has 1 atom stereocenters. The molecule has 0 aliphatic carbocycles. The Bertz CT molecular complexity index is 997. The zero-order valence-electron chi connectivity index (χ0n) is 16.4. The molecule has 0 aliphatic heterocycles. The number of aromatic nitrogens is 2. The van der Waals surface area contributed by atoms with Crippen molar-refractivity contribution in [3.63, 3.8) is 0 Å². The van der Waals surface area contributed by atoms with Crippen LogP contribution in [0.5, 0.6) is 5.75 Å². The quantitative estimate of drug-likeness (QED) is 0.516. The average molecular weight is 418 g/mol. The molecule has 30 heavy (non-hydrogen) atoms. The number of nitrogens with zero attached hydrogens (tertiary/aromatic N) is 2. The van der Waals surface area contributed by atoms with Crippen LogP contribution >= 0.6 is 0 Å². The maximum Gasteiger partial charge on any atom is 0.420 e. The van der Waals surface area contributed by atoms with Gasteiger partial charge in [0.1, 0.15) is 11.6 Å². The van der Waals surface area contributed by atoms with E-state index in [1.807, 2.05) is 30.3 Å². The van der Waals surface area contributed by atoms with Gasteiger partial charge in [-0.05, 0) is 25.1 Å². The van der Waals surface area contributed by atoms with E-state index in [4.69, 9.17) is 4.74 Å². The number of anilines is 3. The van der Waals surface area contributed by atoms with E-state index in [0.29, 0.717) is 11.5 Å². The zero-order valence-corrected chi connectivity index (χ0v) is 16.4. The van der Waals surface area contributed by atoms with E-state index in [2.05, 4.69) is 20.6 Å². The fraction of sp³-hybridized carbons (Fsp3) is 0.238. The SMILES string of the molecule is COc1ccc(Nc2cc(-c3ccccc3)nc(N[C@H](C)CO)n2)cc1C(F)(F)F. The first-order valence-electron chi connectivity index (χ1n) is 9.14. The van der Waals surface area contributed by atoms with Gasteiger partial charge in [-0.15, -0.1) is 0 Å². The van der Waals surface area contributed by atoms with Crippen molar-refractivity contribution in [1.29, 1.82) is 0 Å². The Kier molecular flexibility index (Phi) is 6.41. The van der Waals surface area contributed by atoms with E-state index >= 15 is 0 Å². The minimum atomic E-state index is -4.56. The van der Waals surface area contributed by atoms with E-state index < -0.39 is 11.7 Å². The number of alkyl halides is 3. The average Bonchev–Trinajstić information content (AvgIpc) is 2.73. The second-order valence-corrected chi connectivity index (χ2v) is 6.59. The van der Waals surface area contributed by atoms with Gasteiger partial charge in [-0.25, -0.2) is 4.98 Å². The number of nitrogens with one attached hydrogen (secondary N) is 2. The number of ether oxygens (including phenoxy) is 1. The first-order valence-corrected chi connectivity index (χ1v) is 9.14. The van der Waals surface area contributed by atoms with Gasteiger partial charge >= 0.3 is 6.18 Å². The Morgan fingerprint density at radius 2 is 1.80 bits per heavy atom. The predicted molar refractivity (Wildman–Crippen MR) is 109 cm³/mol. The minimum absolute atomic E-state index is 0.130. The summed E-state index contributed by atoms with van der Waals surface area (Å²) in [5, 5.41) is 15.2. The zero-order chi connectivity index (χ0) is 21.7. The fourth-order valence-electron chi connectivity index (χ4n) is 2.75. The molecule has 0 amide bonds. The lowest BCUT2D eigenvalue weighted by molar-refractivity contribution is -0.138. The Labute approximate surface area is 171 Å². The third-order valence-corrected chi connectivity index (χ3v) is 4.22. The molecule has 0 saturated heterocycles. The van der Waals surface area contributed by atoms with Crippen molar-refractivity contribution >= 4 is 17.5 Å². The Morgan fingerprint density at radius 1 is 1.07 bits per heavy atom. The number of halogens is 3. The molecule has 0 saturated carbocycles. The first-order chi connectivity index (χ1) is 14.3. The number of hydrogen-bond donors (Lipinski definition) is 3. The van der Waals surface area contributed by atoms with Crippen LogP contribution in [0.3, 0.4) is 0 Å². The van der Waals surface area contributed by atoms with Crippen LogP contribution in [0.1, 0.15) is 12.5 Å². The van der Waals surface area contributed by atoms with Crippen LogP contribution in [-0.2, 0) is 6.18 Å². The fourth-order valence-corrected chi connectivity index (χ4v) is 2.75. The smallest absolute Gasteiger partial charge is 0.420 e. The summed E-state index contributed by atoms with van der Waals surface area (Å²) in [5.41, 5.74) is 0.695. The van der Waals surface area contributed by atoms with Crippen LogP contribution in [0.15, 0.2) is 54.6 Å². The van der Waals surface area contributed by atoms with Gasteiger partial charge in [0.05, 0.1) is 25.0 Å². The monoisotopic (exact) mass is 418 g/mol. The number of methoxy groups -OCH3 is 1. The highest BCUT2D eigenvalue weighted by atomic mass is 19.4. The highest BCUT2D eigenvalue weighted by Gasteiger charge is 2.34. The molecule has 1 aromatic heterocycles. The molecule has 0 unspecified atom stereocenters. The molecule has 0 bridgehead atoms. The molecule has 0 radical (unpaired) electrons. The van der Waals surface area contributed by atoms with E-state index in [1.54, 1.807) is 13.0 Å². The Balaban J connectivity index is 2.00. The lowest BCUT2D eigenvalue weighted by Crippen LogP contribution is -2.21. The van der Waals surface area contributed by atoms with Crippen molar-refractivity contribution < 1.29 is 23.0 Å². The van der Waals surface area contributed by atoms with Crippen molar-refractivity contribution in [2.75, 3.05) is 24.4 Å². The Morgan fingerprint density at radius 3 is 2.43 bits per heavy atom. The summed E-state index contributed by atoms with van der Waals surface area (Å²) >= 11 is 0. The molecule has 2 aromatic carbocycles. The maximum absolute atomic E-state index is 13.3. The summed E-state index contributed by atoms with van der Waals surface area (Å²) < 4.78 is 44.8. The number of rotatable bonds is 7. The Hall–Kier alpha value is -3.33. The van der Waals surface area contributed by atoms with Gasteiger partial charge in [-0.1, -0.05) is 30.3 Å². The van der Waals surface area contributed by atoms with Gasteiger partial charge < -0.3 is 20.5 Å². The number of aliphatic hydroxyl groups excluding tert-OH is 1. The van der Waals surface area contributed by atoms with Gasteiger partial charge in [0.2, 0.25) is 5.95 Å². The minimum Gasteiger partial charge on any atom is -0.496 e. The number of aliphatic hydroxyl groups is 1. The molecule has 0 spiro atoms. The highest BCUT2D eigenvalue weighted by molar-refractivity contribution is 5.68. The van der Waals surface area contributed by atoms with E-state index in [0.717, 1.165) is 11.6 Å². The molecule has 1 heterocycles. The lowest BCUT2D eigenvalue weighted by Gasteiger charge is -2.16. The van der Waals surface area contributed by atoms with Crippen LogP contribution < -0.4 is 15.4 Å². The van der Waals surface area contributed by atoms with Crippen LogP contribution in [-0.4, -0.2) is 34.8 Å². The molecule has 158 valence electrons. The number of benzene rings is 2.